The van der Waals surface area contributed by atoms with Crippen molar-refractivity contribution in [2.45, 2.75) is 12.5 Å². The molecular formula is C33H25FN2O5. The van der Waals surface area contributed by atoms with Crippen molar-refractivity contribution in [3.8, 4) is 29.1 Å². The number of halogens is 1. The summed E-state index contributed by atoms with van der Waals surface area (Å²) in [7, 11) is 1.58. The summed E-state index contributed by atoms with van der Waals surface area (Å²) in [5.74, 6) is 0.448. The Morgan fingerprint density at radius 1 is 1.00 bits per heavy atom. The summed E-state index contributed by atoms with van der Waals surface area (Å²) in [6, 6.07) is 27.9. The van der Waals surface area contributed by atoms with Crippen molar-refractivity contribution in [3.05, 3.63) is 137 Å². The Morgan fingerprint density at radius 3 is 2.41 bits per heavy atom. The number of fused-ring (bicyclic) bond motifs is 1. The van der Waals surface area contributed by atoms with Gasteiger partial charge < -0.3 is 24.7 Å². The van der Waals surface area contributed by atoms with Gasteiger partial charge in [0.2, 0.25) is 5.88 Å². The summed E-state index contributed by atoms with van der Waals surface area (Å²) in [5, 5.41) is 9.85. The highest BCUT2D eigenvalue weighted by Crippen LogP contribution is 2.43. The van der Waals surface area contributed by atoms with E-state index in [4.69, 9.17) is 24.7 Å². The molecule has 7 nitrogen and oxygen atoms in total. The van der Waals surface area contributed by atoms with Crippen molar-refractivity contribution < 1.29 is 28.1 Å². The Kier molecular flexibility index (Phi) is 7.98. The van der Waals surface area contributed by atoms with E-state index in [0.717, 1.165) is 11.1 Å². The third-order valence-corrected chi connectivity index (χ3v) is 6.50. The Balaban J connectivity index is 1.32. The molecule has 1 heterocycles. The average Bonchev–Trinajstić information content (AvgIpc) is 2.99. The van der Waals surface area contributed by atoms with Gasteiger partial charge in [0, 0.05) is 23.3 Å². The molecule has 0 radical (unpaired) electrons. The van der Waals surface area contributed by atoms with Crippen LogP contribution < -0.4 is 24.7 Å². The van der Waals surface area contributed by atoms with Gasteiger partial charge in [0.05, 0.1) is 13.0 Å². The normalized spacial score (nSPS) is 14.1. The van der Waals surface area contributed by atoms with Gasteiger partial charge in [0.1, 0.15) is 47.1 Å². The predicted octanol–water partition coefficient (Wildman–Crippen LogP) is 6.25. The highest BCUT2D eigenvalue weighted by atomic mass is 19.1. The van der Waals surface area contributed by atoms with Crippen molar-refractivity contribution in [2.24, 2.45) is 5.73 Å². The zero-order valence-corrected chi connectivity index (χ0v) is 22.0. The van der Waals surface area contributed by atoms with Crippen LogP contribution in [0.1, 0.15) is 28.2 Å². The standard InChI is InChI=1S/C33H25FN2O5/c1-38-24-11-6-21(7-12-24)8-17-31(37)40-26-15-16-27-30(18-26)41-33(36)28(19-35)32(27)22-9-13-25(14-10-22)39-20-23-4-2-3-5-29(23)34/h2-18,32H,20,36H2,1H3/b17-8+. The number of nitriles is 1. The molecule has 0 saturated carbocycles. The maximum atomic E-state index is 13.9. The van der Waals surface area contributed by atoms with E-state index in [0.29, 0.717) is 28.4 Å². The Hall–Kier alpha value is -5.55. The largest absolute Gasteiger partial charge is 0.497 e. The minimum Gasteiger partial charge on any atom is -0.497 e. The number of rotatable bonds is 8. The molecule has 1 unspecified atom stereocenters. The number of nitrogens with two attached hydrogens (primary N) is 1. The number of hydrogen-bond donors (Lipinski definition) is 1. The van der Waals surface area contributed by atoms with E-state index >= 15 is 0 Å². The second-order valence-electron chi connectivity index (χ2n) is 9.10. The maximum Gasteiger partial charge on any atom is 0.336 e. The molecule has 5 rings (SSSR count). The number of esters is 1. The summed E-state index contributed by atoms with van der Waals surface area (Å²) in [6.07, 6.45) is 2.96. The van der Waals surface area contributed by atoms with Gasteiger partial charge in [0.25, 0.3) is 0 Å². The fraction of sp³-hybridized carbons (Fsp3) is 0.0909. The highest BCUT2D eigenvalue weighted by Gasteiger charge is 2.31. The third kappa shape index (κ3) is 6.21. The van der Waals surface area contributed by atoms with Gasteiger partial charge in [0.15, 0.2) is 0 Å². The van der Waals surface area contributed by atoms with E-state index in [-0.39, 0.29) is 29.6 Å². The van der Waals surface area contributed by atoms with Gasteiger partial charge in [-0.15, -0.1) is 0 Å². The fourth-order valence-corrected chi connectivity index (χ4v) is 4.40. The molecule has 4 aromatic carbocycles. The van der Waals surface area contributed by atoms with Crippen molar-refractivity contribution in [3.63, 3.8) is 0 Å². The van der Waals surface area contributed by atoms with E-state index in [2.05, 4.69) is 6.07 Å². The fourth-order valence-electron chi connectivity index (χ4n) is 4.40. The van der Waals surface area contributed by atoms with Gasteiger partial charge in [-0.05, 0) is 53.6 Å². The third-order valence-electron chi connectivity index (χ3n) is 6.50. The Labute approximate surface area is 236 Å². The molecule has 1 aliphatic heterocycles. The first-order valence-electron chi connectivity index (χ1n) is 12.7. The molecule has 0 fully saturated rings. The molecule has 2 N–H and O–H groups in total. The van der Waals surface area contributed by atoms with Crippen molar-refractivity contribution >= 4 is 12.0 Å². The number of allylic oxidation sites excluding steroid dienone is 1. The summed E-state index contributed by atoms with van der Waals surface area (Å²) >= 11 is 0. The monoisotopic (exact) mass is 548 g/mol. The first-order valence-corrected chi connectivity index (χ1v) is 12.7. The van der Waals surface area contributed by atoms with Crippen LogP contribution in [0.15, 0.2) is 109 Å². The second kappa shape index (κ2) is 12.1. The molecule has 1 aliphatic rings. The van der Waals surface area contributed by atoms with Crippen LogP contribution in [0.4, 0.5) is 4.39 Å². The number of methoxy groups -OCH3 is 1. The lowest BCUT2D eigenvalue weighted by Gasteiger charge is -2.26. The summed E-state index contributed by atoms with van der Waals surface area (Å²) in [6.45, 7) is 0.0825. The molecule has 0 saturated heterocycles. The number of carbonyl (C=O) groups is 1. The van der Waals surface area contributed by atoms with Crippen LogP contribution in [0.5, 0.6) is 23.0 Å². The van der Waals surface area contributed by atoms with Gasteiger partial charge in [-0.1, -0.05) is 48.5 Å². The SMILES string of the molecule is COc1ccc(/C=C/C(=O)Oc2ccc3c(c2)OC(N)=C(C#N)C3c2ccc(OCc3ccccc3F)cc2)cc1. The molecule has 0 amide bonds. The topological polar surface area (TPSA) is 104 Å². The van der Waals surface area contributed by atoms with Crippen LogP contribution in [-0.4, -0.2) is 13.1 Å². The molecule has 4 aromatic rings. The van der Waals surface area contributed by atoms with Gasteiger partial charge in [-0.2, -0.15) is 5.26 Å². The molecule has 1 atom stereocenters. The molecular weight excluding hydrogens is 523 g/mol. The molecule has 0 aliphatic carbocycles. The van der Waals surface area contributed by atoms with Crippen LogP contribution in [-0.2, 0) is 11.4 Å². The minimum atomic E-state index is -0.569. The molecule has 41 heavy (non-hydrogen) atoms. The number of benzene rings is 4. The first-order chi connectivity index (χ1) is 19.9. The van der Waals surface area contributed by atoms with E-state index in [9.17, 15) is 14.4 Å². The van der Waals surface area contributed by atoms with Crippen LogP contribution >= 0.6 is 0 Å². The van der Waals surface area contributed by atoms with Gasteiger partial charge in [-0.3, -0.25) is 0 Å². The van der Waals surface area contributed by atoms with Crippen LogP contribution in [0.2, 0.25) is 0 Å². The molecule has 0 aromatic heterocycles. The summed E-state index contributed by atoms with van der Waals surface area (Å²) in [5.41, 5.74) is 9.09. The smallest absolute Gasteiger partial charge is 0.336 e. The Bertz CT molecular complexity index is 1670. The van der Waals surface area contributed by atoms with Crippen molar-refractivity contribution in [1.29, 1.82) is 5.26 Å². The summed E-state index contributed by atoms with van der Waals surface area (Å²) < 4.78 is 36.0. The average molecular weight is 549 g/mol. The lowest BCUT2D eigenvalue weighted by atomic mass is 9.83. The van der Waals surface area contributed by atoms with E-state index in [1.807, 2.05) is 24.3 Å². The quantitative estimate of drug-likeness (QED) is 0.158. The van der Waals surface area contributed by atoms with Crippen LogP contribution in [0.25, 0.3) is 6.08 Å². The zero-order valence-electron chi connectivity index (χ0n) is 22.0. The van der Waals surface area contributed by atoms with E-state index < -0.39 is 11.9 Å². The van der Waals surface area contributed by atoms with Gasteiger partial charge >= 0.3 is 5.97 Å². The van der Waals surface area contributed by atoms with Gasteiger partial charge in [-0.25, -0.2) is 9.18 Å². The summed E-state index contributed by atoms with van der Waals surface area (Å²) in [4.78, 5) is 12.4. The second-order valence-corrected chi connectivity index (χ2v) is 9.10. The van der Waals surface area contributed by atoms with Crippen molar-refractivity contribution in [1.82, 2.24) is 0 Å². The molecule has 0 spiro atoms. The number of ether oxygens (including phenoxy) is 4. The van der Waals surface area contributed by atoms with Crippen LogP contribution in [0.3, 0.4) is 0 Å². The number of carbonyl (C=O) groups excluding carboxylic acids is 1. The van der Waals surface area contributed by atoms with E-state index in [1.165, 1.54) is 12.1 Å². The maximum absolute atomic E-state index is 13.9. The Morgan fingerprint density at radius 2 is 1.71 bits per heavy atom. The zero-order chi connectivity index (χ0) is 28.8. The van der Waals surface area contributed by atoms with Crippen molar-refractivity contribution in [2.75, 3.05) is 7.11 Å². The lowest BCUT2D eigenvalue weighted by Crippen LogP contribution is -2.21. The molecule has 8 heteroatoms. The molecule has 0 bridgehead atoms. The molecule has 204 valence electrons. The lowest BCUT2D eigenvalue weighted by molar-refractivity contribution is -0.128. The first kappa shape index (κ1) is 27.0. The minimum absolute atomic E-state index is 0.0345. The number of hydrogen-bond acceptors (Lipinski definition) is 7. The predicted molar refractivity (Wildman–Crippen MR) is 151 cm³/mol. The van der Waals surface area contributed by atoms with Crippen LogP contribution in [0, 0.1) is 17.1 Å². The number of nitrogens with zero attached hydrogens (tertiary/aromatic N) is 1. The highest BCUT2D eigenvalue weighted by molar-refractivity contribution is 5.88. The van der Waals surface area contributed by atoms with E-state index in [1.54, 1.807) is 73.8 Å².